The van der Waals surface area contributed by atoms with Crippen molar-refractivity contribution in [2.24, 2.45) is 0 Å². The summed E-state index contributed by atoms with van der Waals surface area (Å²) in [4.78, 5) is 0. The van der Waals surface area contributed by atoms with Gasteiger partial charge in [-0.25, -0.2) is 4.18 Å². The van der Waals surface area contributed by atoms with Gasteiger partial charge in [0, 0.05) is 0 Å². The molecule has 1 N–H and O–H groups in total. The molecule has 54 valence electrons. The van der Waals surface area contributed by atoms with E-state index in [1.165, 1.54) is 0 Å². The van der Waals surface area contributed by atoms with Crippen molar-refractivity contribution in [1.29, 1.82) is 0 Å². The summed E-state index contributed by atoms with van der Waals surface area (Å²) >= 11 is 0. The Balaban J connectivity index is 3.67. The molecular weight excluding hydrogens is 144 g/mol. The minimum Gasteiger partial charge on any atom is -0.264 e. The van der Waals surface area contributed by atoms with Gasteiger partial charge in [0.15, 0.2) is 0 Å². The number of rotatable bonds is 3. The van der Waals surface area contributed by atoms with Crippen LogP contribution in [-0.2, 0) is 14.6 Å². The molecule has 0 unspecified atom stereocenters. The molecule has 0 spiro atoms. The Morgan fingerprint density at radius 2 is 2.22 bits per heavy atom. The van der Waals surface area contributed by atoms with Crippen molar-refractivity contribution in [2.75, 3.05) is 6.61 Å². The zero-order valence-corrected chi connectivity index (χ0v) is 5.81. The fraction of sp³-hybridized carbons (Fsp3) is 0.500. The third-order valence-electron chi connectivity index (χ3n) is 0.454. The molecule has 0 saturated carbocycles. The van der Waals surface area contributed by atoms with E-state index in [-0.39, 0.29) is 6.61 Å². The van der Waals surface area contributed by atoms with Gasteiger partial charge in [0.25, 0.3) is 0 Å². The van der Waals surface area contributed by atoms with Crippen molar-refractivity contribution >= 4 is 10.4 Å². The molecule has 0 aliphatic carbocycles. The van der Waals surface area contributed by atoms with Crippen LogP contribution in [0.4, 0.5) is 0 Å². The van der Waals surface area contributed by atoms with Crippen LogP contribution in [0.1, 0.15) is 6.92 Å². The zero-order valence-electron chi connectivity index (χ0n) is 4.99. The first-order chi connectivity index (χ1) is 3.92. The van der Waals surface area contributed by atoms with Gasteiger partial charge in [-0.2, -0.15) is 8.42 Å². The number of hydrogen-bond donors (Lipinski definition) is 1. The first kappa shape index (κ1) is 8.61. The van der Waals surface area contributed by atoms with E-state index in [0.29, 0.717) is 5.57 Å². The second-order valence-electron chi connectivity index (χ2n) is 1.65. The third-order valence-corrected chi connectivity index (χ3v) is 0.870. The molecule has 0 aliphatic heterocycles. The highest BCUT2D eigenvalue weighted by molar-refractivity contribution is 7.80. The molecule has 0 aromatic heterocycles. The smallest absolute Gasteiger partial charge is 0.264 e. The monoisotopic (exact) mass is 152 g/mol. The maximum Gasteiger partial charge on any atom is 0.397 e. The lowest BCUT2D eigenvalue weighted by Crippen LogP contribution is -2.04. The fourth-order valence-electron chi connectivity index (χ4n) is 0.175. The van der Waals surface area contributed by atoms with Crippen LogP contribution >= 0.6 is 0 Å². The molecule has 0 saturated heterocycles. The second kappa shape index (κ2) is 2.95. The van der Waals surface area contributed by atoms with Gasteiger partial charge in [-0.15, -0.1) is 0 Å². The molecule has 0 aromatic rings. The molecular formula is C4H8O4S. The van der Waals surface area contributed by atoms with Crippen molar-refractivity contribution in [3.8, 4) is 0 Å². The van der Waals surface area contributed by atoms with Gasteiger partial charge in [0.1, 0.15) is 0 Å². The predicted molar refractivity (Wildman–Crippen MR) is 32.3 cm³/mol. The maximum absolute atomic E-state index is 9.83. The Bertz CT molecular complexity index is 191. The zero-order chi connectivity index (χ0) is 7.49. The van der Waals surface area contributed by atoms with Gasteiger partial charge in [-0.3, -0.25) is 4.55 Å². The molecule has 5 heteroatoms. The first-order valence-corrected chi connectivity index (χ1v) is 3.54. The molecule has 0 heterocycles. The molecule has 0 aromatic carbocycles. The van der Waals surface area contributed by atoms with Crippen LogP contribution in [-0.4, -0.2) is 19.6 Å². The van der Waals surface area contributed by atoms with E-state index in [9.17, 15) is 8.42 Å². The second-order valence-corrected chi connectivity index (χ2v) is 2.74. The van der Waals surface area contributed by atoms with E-state index in [0.717, 1.165) is 0 Å². The first-order valence-electron chi connectivity index (χ1n) is 2.18. The highest BCUT2D eigenvalue weighted by Gasteiger charge is 2.01. The van der Waals surface area contributed by atoms with E-state index in [1.807, 2.05) is 0 Å². The lowest BCUT2D eigenvalue weighted by molar-refractivity contribution is 0.290. The summed E-state index contributed by atoms with van der Waals surface area (Å²) in [5.41, 5.74) is 0.535. The van der Waals surface area contributed by atoms with Gasteiger partial charge >= 0.3 is 10.4 Å². The Morgan fingerprint density at radius 1 is 1.78 bits per heavy atom. The van der Waals surface area contributed by atoms with Crippen LogP contribution in [0.2, 0.25) is 0 Å². The highest BCUT2D eigenvalue weighted by atomic mass is 32.3. The minimum atomic E-state index is -4.28. The molecule has 0 atom stereocenters. The molecule has 0 bridgehead atoms. The van der Waals surface area contributed by atoms with Crippen molar-refractivity contribution in [1.82, 2.24) is 0 Å². The van der Waals surface area contributed by atoms with Gasteiger partial charge < -0.3 is 0 Å². The average molecular weight is 152 g/mol. The van der Waals surface area contributed by atoms with Crippen LogP contribution in [0.3, 0.4) is 0 Å². The summed E-state index contributed by atoms with van der Waals surface area (Å²) in [5.74, 6) is 0. The molecule has 0 radical (unpaired) electrons. The fourth-order valence-corrected chi connectivity index (χ4v) is 0.525. The third kappa shape index (κ3) is 7.61. The summed E-state index contributed by atoms with van der Waals surface area (Å²) in [6.45, 7) is 4.78. The Morgan fingerprint density at radius 3 is 2.33 bits per heavy atom. The van der Waals surface area contributed by atoms with Crippen LogP contribution in [0.25, 0.3) is 0 Å². The molecule has 0 fully saturated rings. The van der Waals surface area contributed by atoms with Crippen LogP contribution in [0.15, 0.2) is 12.2 Å². The van der Waals surface area contributed by atoms with E-state index in [4.69, 9.17) is 4.55 Å². The van der Waals surface area contributed by atoms with Crippen LogP contribution in [0, 0.1) is 0 Å². The van der Waals surface area contributed by atoms with E-state index < -0.39 is 10.4 Å². The van der Waals surface area contributed by atoms with Crippen molar-refractivity contribution < 1.29 is 17.2 Å². The predicted octanol–water partition coefficient (Wildman–Crippen LogP) is 0.382. The SMILES string of the molecule is C=C(C)COS(=O)(=O)O. The summed E-state index contributed by atoms with van der Waals surface area (Å²) < 4.78 is 31.6. The van der Waals surface area contributed by atoms with E-state index in [2.05, 4.69) is 10.8 Å². The van der Waals surface area contributed by atoms with Crippen molar-refractivity contribution in [3.63, 3.8) is 0 Å². The van der Waals surface area contributed by atoms with Crippen molar-refractivity contribution in [2.45, 2.75) is 6.92 Å². The average Bonchev–Trinajstić information content (AvgIpc) is 1.59. The van der Waals surface area contributed by atoms with Gasteiger partial charge in [0.05, 0.1) is 6.61 Å². The molecule has 0 amide bonds. The molecule has 0 aliphatic rings. The van der Waals surface area contributed by atoms with Crippen LogP contribution in [0.5, 0.6) is 0 Å². The lowest BCUT2D eigenvalue weighted by Gasteiger charge is -1.95. The van der Waals surface area contributed by atoms with E-state index >= 15 is 0 Å². The lowest BCUT2D eigenvalue weighted by atomic mass is 10.4. The standard InChI is InChI=1S/C4H8O4S/c1-4(2)3-8-9(5,6)7/h1,3H2,2H3,(H,5,6,7). The summed E-state index contributed by atoms with van der Waals surface area (Å²) in [7, 11) is -4.28. The van der Waals surface area contributed by atoms with Crippen LogP contribution < -0.4 is 0 Å². The molecule has 9 heavy (non-hydrogen) atoms. The van der Waals surface area contributed by atoms with Gasteiger partial charge in [0.2, 0.25) is 0 Å². The molecule has 4 nitrogen and oxygen atoms in total. The Kier molecular flexibility index (Phi) is 2.83. The highest BCUT2D eigenvalue weighted by Crippen LogP contribution is 1.91. The van der Waals surface area contributed by atoms with E-state index in [1.54, 1.807) is 6.92 Å². The normalized spacial score (nSPS) is 11.3. The summed E-state index contributed by atoms with van der Waals surface area (Å²) in [6.07, 6.45) is 0. The Hall–Kier alpha value is -0.390. The Labute approximate surface area is 54.1 Å². The summed E-state index contributed by atoms with van der Waals surface area (Å²) in [6, 6.07) is 0. The largest absolute Gasteiger partial charge is 0.397 e. The topological polar surface area (TPSA) is 63.6 Å². The molecule has 0 rings (SSSR count). The van der Waals surface area contributed by atoms with Crippen molar-refractivity contribution in [3.05, 3.63) is 12.2 Å². The minimum absolute atomic E-state index is 0.168. The maximum atomic E-state index is 9.83. The quantitative estimate of drug-likeness (QED) is 0.469. The number of hydrogen-bond acceptors (Lipinski definition) is 3. The van der Waals surface area contributed by atoms with Gasteiger partial charge in [-0.05, 0) is 6.92 Å². The van der Waals surface area contributed by atoms with Gasteiger partial charge in [-0.1, -0.05) is 12.2 Å². The summed E-state index contributed by atoms with van der Waals surface area (Å²) in [5, 5.41) is 0.